The summed E-state index contributed by atoms with van der Waals surface area (Å²) >= 11 is 0. The maximum atomic E-state index is 10.6. The molecule has 0 aliphatic rings. The number of carbonyl (C=O) groups excluding carboxylic acids is 1. The van der Waals surface area contributed by atoms with E-state index >= 15 is 0 Å². The highest BCUT2D eigenvalue weighted by Crippen LogP contribution is 2.00. The Hall–Kier alpha value is -1.32. The second-order valence-electron chi connectivity index (χ2n) is 1.56. The Morgan fingerprint density at radius 3 is 3.00 bits per heavy atom. The maximum Gasteiger partial charge on any atom is 0.360 e. The van der Waals surface area contributed by atoms with E-state index in [1.807, 2.05) is 0 Å². The molecule has 0 amide bonds. The van der Waals surface area contributed by atoms with Crippen LogP contribution in [0.4, 0.5) is 0 Å². The fourth-order valence-electron chi connectivity index (χ4n) is 0.486. The summed E-state index contributed by atoms with van der Waals surface area (Å²) in [5, 5.41) is 0. The van der Waals surface area contributed by atoms with Crippen molar-refractivity contribution in [3.8, 4) is 0 Å². The summed E-state index contributed by atoms with van der Waals surface area (Å²) in [5.41, 5.74) is 0.0833. The Balaban J connectivity index is 2.85. The van der Waals surface area contributed by atoms with Crippen LogP contribution in [-0.4, -0.2) is 18.1 Å². The van der Waals surface area contributed by atoms with Gasteiger partial charge in [-0.1, -0.05) is 0 Å². The van der Waals surface area contributed by atoms with Crippen LogP contribution in [0.3, 0.4) is 0 Å². The lowest BCUT2D eigenvalue weighted by atomic mass is 10.5. The summed E-state index contributed by atoms with van der Waals surface area (Å²) in [6, 6.07) is 0. The van der Waals surface area contributed by atoms with Crippen molar-refractivity contribution in [2.45, 2.75) is 0 Å². The van der Waals surface area contributed by atoms with E-state index in [4.69, 9.17) is 6.92 Å². The molecule has 0 unspecified atom stereocenters. The van der Waals surface area contributed by atoms with Crippen LogP contribution < -0.4 is 0 Å². The van der Waals surface area contributed by atoms with Gasteiger partial charge in [0.2, 0.25) is 0 Å². The van der Waals surface area contributed by atoms with E-state index in [-0.39, 0.29) is 11.6 Å². The quantitative estimate of drug-likeness (QED) is 0.532. The molecule has 1 aromatic heterocycles. The molecule has 10 heavy (non-hydrogen) atoms. The number of ether oxygens (including phenoxy) is 1. The Bertz CT molecular complexity index is 241. The molecule has 0 aliphatic heterocycles. The predicted octanol–water partition coefficient (Wildman–Crippen LogP) is 0.520. The van der Waals surface area contributed by atoms with Crippen LogP contribution in [0.25, 0.3) is 0 Å². The summed E-state index contributed by atoms with van der Waals surface area (Å²) in [6.45, 7) is 5.09. The Morgan fingerprint density at radius 2 is 2.60 bits per heavy atom. The predicted molar refractivity (Wildman–Crippen MR) is 31.2 cm³/mol. The van der Waals surface area contributed by atoms with Crippen molar-refractivity contribution in [3.05, 3.63) is 24.8 Å². The van der Waals surface area contributed by atoms with E-state index in [2.05, 4.69) is 14.1 Å². The molecule has 0 fully saturated rings. The summed E-state index contributed by atoms with van der Waals surface area (Å²) in [4.78, 5) is 14.1. The summed E-state index contributed by atoms with van der Waals surface area (Å²) in [7, 11) is 1.26. The molecule has 0 saturated heterocycles. The number of hydrogen-bond acceptors (Lipinski definition) is 4. The Labute approximate surface area is 57.8 Å². The van der Waals surface area contributed by atoms with Crippen LogP contribution in [0, 0.1) is 6.92 Å². The molecule has 0 aliphatic carbocycles. The fraction of sp³-hybridized carbons (Fsp3) is 0.167. The molecule has 0 spiro atoms. The van der Waals surface area contributed by atoms with Crippen molar-refractivity contribution in [2.24, 2.45) is 0 Å². The second kappa shape index (κ2) is 2.51. The third-order valence-corrected chi connectivity index (χ3v) is 0.916. The molecular weight excluding hydrogens is 134 g/mol. The molecule has 52 valence electrons. The van der Waals surface area contributed by atoms with Gasteiger partial charge >= 0.3 is 5.97 Å². The normalized spacial score (nSPS) is 9.40. The number of nitrogens with zero attached hydrogens (tertiary/aromatic N) is 1. The number of aromatic nitrogens is 1. The molecule has 0 atom stereocenters. The van der Waals surface area contributed by atoms with Gasteiger partial charge in [0.05, 0.1) is 14.0 Å². The molecule has 1 heterocycles. The average molecular weight is 139 g/mol. The zero-order valence-corrected chi connectivity index (χ0v) is 5.33. The van der Waals surface area contributed by atoms with E-state index in [0.717, 1.165) is 6.26 Å². The lowest BCUT2D eigenvalue weighted by Crippen LogP contribution is -2.00. The number of oxazole rings is 1. The highest BCUT2D eigenvalue weighted by Gasteiger charge is 2.08. The fourth-order valence-corrected chi connectivity index (χ4v) is 0.486. The number of hydrogen-bond donors (Lipinski definition) is 0. The lowest BCUT2D eigenvalue weighted by molar-refractivity contribution is 0.0594. The minimum atomic E-state index is -0.555. The first-order valence-corrected chi connectivity index (χ1v) is 2.53. The molecule has 1 aromatic rings. The Kier molecular flexibility index (Phi) is 1.71. The monoisotopic (exact) mass is 139 g/mol. The van der Waals surface area contributed by atoms with Gasteiger partial charge in [0, 0.05) is 0 Å². The number of carbonyl (C=O) groups is 1. The standard InChI is InChI=1S/C6H5NO3/c1-4-7-5(3-10-4)6(8)9-2/h1,3H,2H3. The van der Waals surface area contributed by atoms with Gasteiger partial charge in [0.1, 0.15) is 6.26 Å². The first-order chi connectivity index (χ1) is 4.74. The molecule has 0 saturated carbocycles. The molecule has 4 nitrogen and oxygen atoms in total. The van der Waals surface area contributed by atoms with Crippen LogP contribution in [0.5, 0.6) is 0 Å². The zero-order chi connectivity index (χ0) is 7.56. The molecular formula is C6H5NO3. The van der Waals surface area contributed by atoms with Gasteiger partial charge in [-0.05, 0) is 0 Å². The summed E-state index contributed by atoms with van der Waals surface area (Å²) in [6.07, 6.45) is 1.14. The maximum absolute atomic E-state index is 10.6. The molecule has 0 N–H and O–H groups in total. The number of methoxy groups -OCH3 is 1. The van der Waals surface area contributed by atoms with Crippen LogP contribution in [0.15, 0.2) is 10.7 Å². The van der Waals surface area contributed by atoms with Crippen LogP contribution in [-0.2, 0) is 4.74 Å². The van der Waals surface area contributed by atoms with Gasteiger partial charge in [-0.25, -0.2) is 9.78 Å². The van der Waals surface area contributed by atoms with E-state index in [1.165, 1.54) is 7.11 Å². The molecule has 0 bridgehead atoms. The van der Waals surface area contributed by atoms with Crippen molar-refractivity contribution < 1.29 is 13.9 Å². The number of rotatable bonds is 1. The third-order valence-electron chi connectivity index (χ3n) is 0.916. The minimum Gasteiger partial charge on any atom is -0.464 e. The largest absolute Gasteiger partial charge is 0.464 e. The van der Waals surface area contributed by atoms with Crippen LogP contribution >= 0.6 is 0 Å². The van der Waals surface area contributed by atoms with E-state index in [0.29, 0.717) is 0 Å². The lowest BCUT2D eigenvalue weighted by Gasteiger charge is -1.88. The first-order valence-electron chi connectivity index (χ1n) is 2.53. The average Bonchev–Trinajstić information content (AvgIpc) is 2.34. The molecule has 1 rings (SSSR count). The zero-order valence-electron chi connectivity index (χ0n) is 5.33. The van der Waals surface area contributed by atoms with Gasteiger partial charge in [-0.2, -0.15) is 0 Å². The smallest absolute Gasteiger partial charge is 0.360 e. The highest BCUT2D eigenvalue weighted by molar-refractivity contribution is 5.86. The van der Waals surface area contributed by atoms with E-state index < -0.39 is 5.97 Å². The summed E-state index contributed by atoms with van der Waals surface area (Å²) in [5.74, 6) is -0.596. The molecule has 0 aromatic carbocycles. The van der Waals surface area contributed by atoms with Crippen molar-refractivity contribution in [1.82, 2.24) is 4.98 Å². The van der Waals surface area contributed by atoms with Gasteiger partial charge < -0.3 is 9.15 Å². The second-order valence-corrected chi connectivity index (χ2v) is 1.56. The van der Waals surface area contributed by atoms with Crippen molar-refractivity contribution >= 4 is 5.97 Å². The number of esters is 1. The molecule has 2 radical (unpaired) electrons. The van der Waals surface area contributed by atoms with Crippen molar-refractivity contribution in [1.29, 1.82) is 0 Å². The topological polar surface area (TPSA) is 52.3 Å². The SMILES string of the molecule is [CH]c1nc(C(=O)OC)co1. The van der Waals surface area contributed by atoms with Gasteiger partial charge in [-0.3, -0.25) is 0 Å². The van der Waals surface area contributed by atoms with Gasteiger partial charge in [0.25, 0.3) is 0 Å². The van der Waals surface area contributed by atoms with Gasteiger partial charge in [0.15, 0.2) is 11.6 Å². The van der Waals surface area contributed by atoms with E-state index in [1.54, 1.807) is 0 Å². The van der Waals surface area contributed by atoms with Crippen LogP contribution in [0.1, 0.15) is 16.4 Å². The first kappa shape index (κ1) is 6.80. The van der Waals surface area contributed by atoms with Crippen molar-refractivity contribution in [3.63, 3.8) is 0 Å². The third kappa shape index (κ3) is 1.15. The Morgan fingerprint density at radius 1 is 1.90 bits per heavy atom. The van der Waals surface area contributed by atoms with Crippen molar-refractivity contribution in [2.75, 3.05) is 7.11 Å². The van der Waals surface area contributed by atoms with Crippen LogP contribution in [0.2, 0.25) is 0 Å². The minimum absolute atomic E-state index is 0.0413. The molecule has 4 heteroatoms. The van der Waals surface area contributed by atoms with E-state index in [9.17, 15) is 4.79 Å². The summed E-state index contributed by atoms with van der Waals surface area (Å²) < 4.78 is 8.89. The van der Waals surface area contributed by atoms with Gasteiger partial charge in [-0.15, -0.1) is 0 Å². The highest BCUT2D eigenvalue weighted by atomic mass is 16.5.